The monoisotopic (exact) mass is 429 g/mol. The highest BCUT2D eigenvalue weighted by atomic mass is 35.5. The van der Waals surface area contributed by atoms with Gasteiger partial charge in [-0.1, -0.05) is 17.7 Å². The van der Waals surface area contributed by atoms with Gasteiger partial charge in [0, 0.05) is 42.5 Å². The summed E-state index contributed by atoms with van der Waals surface area (Å²) in [4.78, 5) is 26.3. The van der Waals surface area contributed by atoms with Crippen LogP contribution in [0.3, 0.4) is 0 Å². The molecule has 29 heavy (non-hydrogen) atoms. The molecule has 150 valence electrons. The number of pyridine rings is 2. The third-order valence-electron chi connectivity index (χ3n) is 4.94. The Bertz CT molecular complexity index is 1100. The first-order valence-electron chi connectivity index (χ1n) is 9.07. The van der Waals surface area contributed by atoms with Crippen LogP contribution in [0.15, 0.2) is 41.3 Å². The van der Waals surface area contributed by atoms with Gasteiger partial charge in [0.1, 0.15) is 29.4 Å². The van der Waals surface area contributed by atoms with Gasteiger partial charge in [0.2, 0.25) is 5.78 Å². The zero-order valence-corrected chi connectivity index (χ0v) is 17.8. The van der Waals surface area contributed by atoms with Gasteiger partial charge in [0.05, 0.1) is 16.4 Å². The quantitative estimate of drug-likeness (QED) is 0.810. The molecule has 1 saturated heterocycles. The number of carbonyl (C=O) groups excluding carboxylic acids is 1. The molecule has 0 aliphatic carbocycles. The number of nitrogens with one attached hydrogen (secondary N) is 1. The first-order valence-corrected chi connectivity index (χ1v) is 11.0. The first kappa shape index (κ1) is 19.9. The number of hydrogen-bond acceptors (Lipinski definition) is 6. The second kappa shape index (κ2) is 7.78. The average molecular weight is 430 g/mol. The minimum Gasteiger partial charge on any atom is -0.298 e. The fourth-order valence-electron chi connectivity index (χ4n) is 3.51. The van der Waals surface area contributed by atoms with Gasteiger partial charge in [-0.15, -0.1) is 0 Å². The molecule has 0 spiro atoms. The Hall–Kier alpha value is -2.42. The van der Waals surface area contributed by atoms with Crippen molar-refractivity contribution in [3.63, 3.8) is 0 Å². The topological polar surface area (TPSA) is 87.5 Å². The van der Waals surface area contributed by atoms with Crippen LogP contribution in [0, 0.1) is 13.8 Å². The summed E-state index contributed by atoms with van der Waals surface area (Å²) in [5.74, 6) is -0.154. The average Bonchev–Trinajstić information content (AvgIpc) is 2.69. The SMILES string of the molecule is Cc1cnc(-c2cc(C3NCC4=CN(S(C)=O)CN=C4C3=O)ncc2Cl)c(C)c1. The van der Waals surface area contributed by atoms with E-state index in [-0.39, 0.29) is 12.5 Å². The molecule has 0 saturated carbocycles. The smallest absolute Gasteiger partial charge is 0.204 e. The molecule has 2 aliphatic rings. The number of aryl methyl sites for hydroxylation is 2. The summed E-state index contributed by atoms with van der Waals surface area (Å²) in [5.41, 5.74) is 5.29. The number of carbonyl (C=O) groups is 1. The Morgan fingerprint density at radius 1 is 1.24 bits per heavy atom. The molecule has 4 rings (SSSR count). The second-order valence-corrected chi connectivity index (χ2v) is 8.81. The van der Waals surface area contributed by atoms with Crippen molar-refractivity contribution in [2.24, 2.45) is 4.99 Å². The summed E-state index contributed by atoms with van der Waals surface area (Å²) < 4.78 is 13.3. The highest BCUT2D eigenvalue weighted by molar-refractivity contribution is 7.81. The highest BCUT2D eigenvalue weighted by Gasteiger charge is 2.35. The summed E-state index contributed by atoms with van der Waals surface area (Å²) in [6.07, 6.45) is 6.66. The molecule has 2 aliphatic heterocycles. The largest absolute Gasteiger partial charge is 0.298 e. The van der Waals surface area contributed by atoms with Gasteiger partial charge >= 0.3 is 0 Å². The third-order valence-corrected chi connectivity index (χ3v) is 6.12. The van der Waals surface area contributed by atoms with Crippen LogP contribution in [-0.2, 0) is 15.8 Å². The maximum atomic E-state index is 13.1. The third kappa shape index (κ3) is 3.75. The molecule has 0 radical (unpaired) electrons. The number of nitrogens with zero attached hydrogens (tertiary/aromatic N) is 4. The number of rotatable bonds is 3. The van der Waals surface area contributed by atoms with E-state index in [0.717, 1.165) is 28.0 Å². The van der Waals surface area contributed by atoms with E-state index in [9.17, 15) is 9.00 Å². The zero-order chi connectivity index (χ0) is 20.7. The van der Waals surface area contributed by atoms with Crippen molar-refractivity contribution in [2.45, 2.75) is 19.9 Å². The van der Waals surface area contributed by atoms with Crippen LogP contribution in [-0.4, -0.2) is 49.4 Å². The lowest BCUT2D eigenvalue weighted by Crippen LogP contribution is -2.45. The summed E-state index contributed by atoms with van der Waals surface area (Å²) in [6, 6.07) is 3.24. The lowest BCUT2D eigenvalue weighted by atomic mass is 9.93. The molecule has 0 aromatic carbocycles. The van der Waals surface area contributed by atoms with Gasteiger partial charge in [0.15, 0.2) is 0 Å². The Morgan fingerprint density at radius 2 is 2.03 bits per heavy atom. The Balaban J connectivity index is 1.68. The molecule has 0 amide bonds. The molecule has 9 heteroatoms. The molecule has 2 aromatic rings. The number of ketones is 1. The second-order valence-electron chi connectivity index (χ2n) is 7.09. The maximum Gasteiger partial charge on any atom is 0.204 e. The molecule has 0 bridgehead atoms. The van der Waals surface area contributed by atoms with E-state index >= 15 is 0 Å². The van der Waals surface area contributed by atoms with Crippen molar-refractivity contribution in [2.75, 3.05) is 19.5 Å². The molecule has 1 fully saturated rings. The molecule has 2 unspecified atom stereocenters. The maximum absolute atomic E-state index is 13.1. The lowest BCUT2D eigenvalue weighted by Gasteiger charge is -2.30. The van der Waals surface area contributed by atoms with Gasteiger partial charge in [0.25, 0.3) is 0 Å². The van der Waals surface area contributed by atoms with E-state index in [0.29, 0.717) is 23.0 Å². The summed E-state index contributed by atoms with van der Waals surface area (Å²) in [6.45, 7) is 4.60. The van der Waals surface area contributed by atoms with Crippen molar-refractivity contribution in [3.05, 3.63) is 58.1 Å². The van der Waals surface area contributed by atoms with Crippen LogP contribution in [0.1, 0.15) is 22.9 Å². The summed E-state index contributed by atoms with van der Waals surface area (Å²) in [7, 11) is -1.18. The summed E-state index contributed by atoms with van der Waals surface area (Å²) >= 11 is 6.40. The molecule has 2 aromatic heterocycles. The first-order chi connectivity index (χ1) is 13.8. The number of aromatic nitrogens is 2. The molecular formula is C20H20ClN5O2S. The fourth-order valence-corrected chi connectivity index (χ4v) is 4.20. The predicted molar refractivity (Wildman–Crippen MR) is 114 cm³/mol. The number of piperidine rings is 1. The minimum atomic E-state index is -1.18. The van der Waals surface area contributed by atoms with Crippen molar-refractivity contribution in [3.8, 4) is 11.3 Å². The Kier molecular flexibility index (Phi) is 5.33. The predicted octanol–water partition coefficient (Wildman–Crippen LogP) is 2.52. The van der Waals surface area contributed by atoms with Gasteiger partial charge in [-0.2, -0.15) is 0 Å². The van der Waals surface area contributed by atoms with Crippen molar-refractivity contribution >= 4 is 34.1 Å². The van der Waals surface area contributed by atoms with Gasteiger partial charge in [-0.25, -0.2) is 4.21 Å². The molecule has 2 atom stereocenters. The fraction of sp³-hybridized carbons (Fsp3) is 0.300. The van der Waals surface area contributed by atoms with E-state index in [1.54, 1.807) is 29.2 Å². The van der Waals surface area contributed by atoms with Crippen molar-refractivity contribution < 1.29 is 9.00 Å². The normalized spacial score (nSPS) is 20.1. The van der Waals surface area contributed by atoms with E-state index in [4.69, 9.17) is 11.6 Å². The standard InChI is InChI=1S/C20H20ClN5O2S/c1-11-4-12(2)17(23-6-11)14-5-16(22-8-15(14)21)19-20(27)18-13(7-24-19)9-26(10-25-18)29(3)28/h4-6,8-9,19,24H,7,10H2,1-3H3. The van der Waals surface area contributed by atoms with Gasteiger partial charge in [-0.05, 0) is 31.0 Å². The highest BCUT2D eigenvalue weighted by Crippen LogP contribution is 2.32. The van der Waals surface area contributed by atoms with Crippen molar-refractivity contribution in [1.29, 1.82) is 0 Å². The number of fused-ring (bicyclic) bond motifs is 1. The number of Topliss-reactive ketones (excluding diaryl/α,β-unsaturated/α-hetero) is 1. The number of aliphatic imine (C=N–C) groups is 1. The molecular weight excluding hydrogens is 410 g/mol. The van der Waals surface area contributed by atoms with Crippen LogP contribution >= 0.6 is 11.6 Å². The minimum absolute atomic E-state index is 0.154. The van der Waals surface area contributed by atoms with Crippen LogP contribution in [0.5, 0.6) is 0 Å². The van der Waals surface area contributed by atoms with E-state index in [1.165, 1.54) is 0 Å². The molecule has 1 N–H and O–H groups in total. The molecule has 7 nitrogen and oxygen atoms in total. The van der Waals surface area contributed by atoms with E-state index in [2.05, 4.69) is 20.3 Å². The summed E-state index contributed by atoms with van der Waals surface area (Å²) in [5, 5.41) is 3.70. The van der Waals surface area contributed by atoms with Gasteiger partial charge in [-0.3, -0.25) is 29.4 Å². The van der Waals surface area contributed by atoms with Crippen LogP contribution in [0.25, 0.3) is 11.3 Å². The van der Waals surface area contributed by atoms with Gasteiger partial charge < -0.3 is 0 Å². The number of halogens is 1. The zero-order valence-electron chi connectivity index (χ0n) is 16.3. The van der Waals surface area contributed by atoms with Crippen LogP contribution in [0.4, 0.5) is 0 Å². The Morgan fingerprint density at radius 3 is 2.76 bits per heavy atom. The van der Waals surface area contributed by atoms with Crippen LogP contribution < -0.4 is 5.32 Å². The lowest BCUT2D eigenvalue weighted by molar-refractivity contribution is -0.115. The van der Waals surface area contributed by atoms with E-state index in [1.807, 2.05) is 26.0 Å². The molecule has 4 heterocycles. The van der Waals surface area contributed by atoms with Crippen molar-refractivity contribution in [1.82, 2.24) is 19.6 Å². The Labute approximate surface area is 176 Å². The van der Waals surface area contributed by atoms with E-state index < -0.39 is 17.0 Å². The van der Waals surface area contributed by atoms with Crippen LogP contribution in [0.2, 0.25) is 5.02 Å². The number of hydrogen-bond donors (Lipinski definition) is 1.